The van der Waals surface area contributed by atoms with Crippen molar-refractivity contribution in [1.82, 2.24) is 4.31 Å². The third-order valence-corrected chi connectivity index (χ3v) is 5.82. The van der Waals surface area contributed by atoms with Gasteiger partial charge in [0.25, 0.3) is 0 Å². The van der Waals surface area contributed by atoms with Crippen LogP contribution in [0.15, 0.2) is 23.1 Å². The van der Waals surface area contributed by atoms with Crippen LogP contribution in [0.5, 0.6) is 0 Å². The SMILES string of the molecule is Cc1c(N)cccc1S(=O)(=O)N1CCC(C(C)O)C1. The third-order valence-electron chi connectivity index (χ3n) is 3.81. The summed E-state index contributed by atoms with van der Waals surface area (Å²) in [6.45, 7) is 4.23. The van der Waals surface area contributed by atoms with Gasteiger partial charge in [-0.2, -0.15) is 4.31 Å². The Bertz CT molecular complexity index is 569. The normalized spacial score (nSPS) is 22.6. The largest absolute Gasteiger partial charge is 0.398 e. The second-order valence-corrected chi connectivity index (χ2v) is 7.03. The lowest BCUT2D eigenvalue weighted by Gasteiger charge is -2.19. The van der Waals surface area contributed by atoms with E-state index in [1.54, 1.807) is 32.0 Å². The van der Waals surface area contributed by atoms with E-state index in [1.165, 1.54) is 4.31 Å². The molecule has 2 rings (SSSR count). The quantitative estimate of drug-likeness (QED) is 0.810. The molecule has 6 heteroatoms. The first kappa shape index (κ1) is 14.3. The van der Waals surface area contributed by atoms with Gasteiger partial charge < -0.3 is 10.8 Å². The lowest BCUT2D eigenvalue weighted by molar-refractivity contribution is 0.133. The fourth-order valence-electron chi connectivity index (χ4n) is 2.42. The highest BCUT2D eigenvalue weighted by atomic mass is 32.2. The van der Waals surface area contributed by atoms with Crippen LogP contribution in [0.1, 0.15) is 18.9 Å². The van der Waals surface area contributed by atoms with E-state index in [9.17, 15) is 13.5 Å². The number of sulfonamides is 1. The van der Waals surface area contributed by atoms with Crippen LogP contribution in [-0.4, -0.2) is 37.0 Å². The maximum atomic E-state index is 12.6. The van der Waals surface area contributed by atoms with Crippen LogP contribution >= 0.6 is 0 Å². The predicted octanol–water partition coefficient (Wildman–Crippen LogP) is 0.969. The molecule has 1 aliphatic rings. The highest BCUT2D eigenvalue weighted by Gasteiger charge is 2.35. The van der Waals surface area contributed by atoms with Crippen molar-refractivity contribution in [2.45, 2.75) is 31.3 Å². The molecule has 1 fully saturated rings. The predicted molar refractivity (Wildman–Crippen MR) is 74.1 cm³/mol. The molecule has 106 valence electrons. The van der Waals surface area contributed by atoms with Gasteiger partial charge in [0, 0.05) is 18.8 Å². The van der Waals surface area contributed by atoms with Crippen LogP contribution in [0.25, 0.3) is 0 Å². The third kappa shape index (κ3) is 2.61. The summed E-state index contributed by atoms with van der Waals surface area (Å²) in [4.78, 5) is 0.263. The summed E-state index contributed by atoms with van der Waals surface area (Å²) in [6.07, 6.45) is 0.209. The number of anilines is 1. The molecule has 1 saturated heterocycles. The highest BCUT2D eigenvalue weighted by Crippen LogP contribution is 2.29. The summed E-state index contributed by atoms with van der Waals surface area (Å²) in [7, 11) is -3.52. The van der Waals surface area contributed by atoms with Gasteiger partial charge in [0.05, 0.1) is 11.0 Å². The molecule has 0 bridgehead atoms. The Balaban J connectivity index is 2.31. The molecule has 0 radical (unpaired) electrons. The molecule has 2 atom stereocenters. The van der Waals surface area contributed by atoms with Crippen LogP contribution in [0, 0.1) is 12.8 Å². The Labute approximate surface area is 114 Å². The summed E-state index contributed by atoms with van der Waals surface area (Å²) in [5, 5.41) is 9.56. The van der Waals surface area contributed by atoms with E-state index in [0.29, 0.717) is 30.8 Å². The van der Waals surface area contributed by atoms with Crippen LogP contribution < -0.4 is 5.73 Å². The van der Waals surface area contributed by atoms with E-state index in [-0.39, 0.29) is 10.8 Å². The number of aliphatic hydroxyl groups excluding tert-OH is 1. The number of aliphatic hydroxyl groups is 1. The van der Waals surface area contributed by atoms with Gasteiger partial charge in [-0.1, -0.05) is 6.07 Å². The Hall–Kier alpha value is -1.11. The molecule has 0 aromatic heterocycles. The first-order valence-corrected chi connectivity index (χ1v) is 7.81. The van der Waals surface area contributed by atoms with Crippen molar-refractivity contribution in [3.8, 4) is 0 Å². The van der Waals surface area contributed by atoms with Crippen molar-refractivity contribution in [3.63, 3.8) is 0 Å². The molecule has 5 nitrogen and oxygen atoms in total. The maximum absolute atomic E-state index is 12.6. The number of nitrogen functional groups attached to an aromatic ring is 1. The zero-order valence-electron chi connectivity index (χ0n) is 11.2. The van der Waals surface area contributed by atoms with Gasteiger partial charge in [-0.25, -0.2) is 8.42 Å². The van der Waals surface area contributed by atoms with E-state index >= 15 is 0 Å². The topological polar surface area (TPSA) is 83.6 Å². The van der Waals surface area contributed by atoms with Crippen molar-refractivity contribution in [2.24, 2.45) is 5.92 Å². The van der Waals surface area contributed by atoms with Crippen LogP contribution in [0.2, 0.25) is 0 Å². The minimum absolute atomic E-state index is 0.0103. The minimum atomic E-state index is -3.52. The molecule has 1 aromatic rings. The lowest BCUT2D eigenvalue weighted by atomic mass is 10.0. The number of hydrogen-bond donors (Lipinski definition) is 2. The van der Waals surface area contributed by atoms with E-state index in [2.05, 4.69) is 0 Å². The number of nitrogens with zero attached hydrogens (tertiary/aromatic N) is 1. The lowest BCUT2D eigenvalue weighted by Crippen LogP contribution is -2.31. The Kier molecular flexibility index (Phi) is 3.85. The van der Waals surface area contributed by atoms with Crippen molar-refractivity contribution >= 4 is 15.7 Å². The van der Waals surface area contributed by atoms with Gasteiger partial charge in [-0.15, -0.1) is 0 Å². The molecular formula is C13H20N2O3S. The standard InChI is InChI=1S/C13H20N2O3S/c1-9-12(14)4-3-5-13(9)19(17,18)15-7-6-11(8-15)10(2)16/h3-5,10-11,16H,6-8,14H2,1-2H3. The molecule has 2 unspecified atom stereocenters. The summed E-state index contributed by atoms with van der Waals surface area (Å²) in [6, 6.07) is 4.92. The Morgan fingerprint density at radius 1 is 1.47 bits per heavy atom. The Morgan fingerprint density at radius 2 is 2.16 bits per heavy atom. The number of nitrogens with two attached hydrogens (primary N) is 1. The second-order valence-electron chi connectivity index (χ2n) is 5.12. The number of rotatable bonds is 3. The zero-order valence-corrected chi connectivity index (χ0v) is 12.0. The molecule has 0 amide bonds. The molecule has 19 heavy (non-hydrogen) atoms. The molecule has 0 spiro atoms. The number of hydrogen-bond acceptors (Lipinski definition) is 4. The first-order chi connectivity index (χ1) is 8.84. The minimum Gasteiger partial charge on any atom is -0.398 e. The van der Waals surface area contributed by atoms with Gasteiger partial charge in [0.1, 0.15) is 0 Å². The van der Waals surface area contributed by atoms with Crippen molar-refractivity contribution in [2.75, 3.05) is 18.8 Å². The fourth-order valence-corrected chi connectivity index (χ4v) is 4.18. The summed E-state index contributed by atoms with van der Waals surface area (Å²) in [5.41, 5.74) is 6.83. The van der Waals surface area contributed by atoms with Gasteiger partial charge in [-0.05, 0) is 43.9 Å². The zero-order chi connectivity index (χ0) is 14.2. The van der Waals surface area contributed by atoms with Crippen LogP contribution in [-0.2, 0) is 10.0 Å². The van der Waals surface area contributed by atoms with Crippen LogP contribution in [0.3, 0.4) is 0 Å². The van der Waals surface area contributed by atoms with Crippen molar-refractivity contribution in [3.05, 3.63) is 23.8 Å². The van der Waals surface area contributed by atoms with Gasteiger partial charge in [0.2, 0.25) is 10.0 Å². The van der Waals surface area contributed by atoms with Crippen molar-refractivity contribution < 1.29 is 13.5 Å². The Morgan fingerprint density at radius 3 is 2.74 bits per heavy atom. The van der Waals surface area contributed by atoms with E-state index in [4.69, 9.17) is 5.73 Å². The molecule has 1 aliphatic heterocycles. The molecule has 0 saturated carbocycles. The van der Waals surface area contributed by atoms with Crippen molar-refractivity contribution in [1.29, 1.82) is 0 Å². The average molecular weight is 284 g/mol. The molecule has 0 aliphatic carbocycles. The van der Waals surface area contributed by atoms with E-state index in [1.807, 2.05) is 0 Å². The second kappa shape index (κ2) is 5.11. The monoisotopic (exact) mass is 284 g/mol. The van der Waals surface area contributed by atoms with E-state index < -0.39 is 16.1 Å². The number of benzene rings is 1. The van der Waals surface area contributed by atoms with Gasteiger partial charge in [0.15, 0.2) is 0 Å². The summed E-state index contributed by atoms with van der Waals surface area (Å²) < 4.78 is 26.6. The highest BCUT2D eigenvalue weighted by molar-refractivity contribution is 7.89. The smallest absolute Gasteiger partial charge is 0.243 e. The summed E-state index contributed by atoms with van der Waals surface area (Å²) >= 11 is 0. The van der Waals surface area contributed by atoms with Gasteiger partial charge >= 0.3 is 0 Å². The molecular weight excluding hydrogens is 264 g/mol. The van der Waals surface area contributed by atoms with E-state index in [0.717, 1.165) is 0 Å². The average Bonchev–Trinajstić information content (AvgIpc) is 2.82. The first-order valence-electron chi connectivity index (χ1n) is 6.37. The van der Waals surface area contributed by atoms with Crippen LogP contribution in [0.4, 0.5) is 5.69 Å². The molecule has 3 N–H and O–H groups in total. The maximum Gasteiger partial charge on any atom is 0.243 e. The van der Waals surface area contributed by atoms with Gasteiger partial charge in [-0.3, -0.25) is 0 Å². The molecule has 1 aromatic carbocycles. The summed E-state index contributed by atoms with van der Waals surface area (Å²) in [5.74, 6) is 0.0103. The fraction of sp³-hybridized carbons (Fsp3) is 0.538. The molecule has 1 heterocycles.